The SMILES string of the molecule is O=C1c2ccccc2C(=O)N1CC(F)(F)CO.O=C1c2ccccc2C(=O)N1CC(F)(F)COC1CCCCO1. The Kier molecular flexibility index (Phi) is 8.66. The molecule has 13 heteroatoms. The van der Waals surface area contributed by atoms with E-state index in [4.69, 9.17) is 14.6 Å². The summed E-state index contributed by atoms with van der Waals surface area (Å²) in [6.45, 7) is -3.89. The molecular weight excluding hydrogens is 540 g/mol. The summed E-state index contributed by atoms with van der Waals surface area (Å²) in [5.74, 6) is -9.70. The highest BCUT2D eigenvalue weighted by molar-refractivity contribution is 6.22. The topological polar surface area (TPSA) is 113 Å². The lowest BCUT2D eigenvalue weighted by Gasteiger charge is -2.27. The Morgan fingerprint density at radius 1 is 0.750 bits per heavy atom. The number of alkyl halides is 4. The van der Waals surface area contributed by atoms with E-state index in [1.807, 2.05) is 0 Å². The summed E-state index contributed by atoms with van der Waals surface area (Å²) >= 11 is 0. The molecule has 0 saturated carbocycles. The molecule has 1 unspecified atom stereocenters. The number of ether oxygens (including phenoxy) is 2. The number of fused-ring (bicyclic) bond motifs is 2. The minimum atomic E-state index is -3.48. The molecule has 0 spiro atoms. The number of rotatable bonds is 8. The van der Waals surface area contributed by atoms with Gasteiger partial charge in [0.15, 0.2) is 6.29 Å². The van der Waals surface area contributed by atoms with Crippen molar-refractivity contribution in [1.29, 1.82) is 0 Å². The highest BCUT2D eigenvalue weighted by Gasteiger charge is 2.43. The molecule has 0 aromatic heterocycles. The molecule has 1 N–H and O–H groups in total. The van der Waals surface area contributed by atoms with Gasteiger partial charge in [-0.25, -0.2) is 17.6 Å². The zero-order chi connectivity index (χ0) is 29.1. The van der Waals surface area contributed by atoms with Gasteiger partial charge in [-0.15, -0.1) is 0 Å². The number of hydrogen-bond acceptors (Lipinski definition) is 7. The van der Waals surface area contributed by atoms with Gasteiger partial charge in [0.05, 0.1) is 35.3 Å². The van der Waals surface area contributed by atoms with Crippen LogP contribution < -0.4 is 0 Å². The molecule has 9 nitrogen and oxygen atoms in total. The van der Waals surface area contributed by atoms with E-state index in [1.165, 1.54) is 24.3 Å². The van der Waals surface area contributed by atoms with Crippen molar-refractivity contribution in [2.45, 2.75) is 37.4 Å². The number of carbonyl (C=O) groups excluding carboxylic acids is 4. The predicted molar refractivity (Wildman–Crippen MR) is 130 cm³/mol. The molecule has 1 saturated heterocycles. The molecule has 2 aromatic rings. The van der Waals surface area contributed by atoms with Crippen molar-refractivity contribution in [3.8, 4) is 0 Å². The minimum absolute atomic E-state index is 0.117. The Morgan fingerprint density at radius 3 is 1.55 bits per heavy atom. The fraction of sp³-hybridized carbons (Fsp3) is 0.407. The van der Waals surface area contributed by atoms with Crippen LogP contribution in [0, 0.1) is 0 Å². The van der Waals surface area contributed by atoms with Crippen molar-refractivity contribution in [3.63, 3.8) is 0 Å². The maximum atomic E-state index is 14.1. The quantitative estimate of drug-likeness (QED) is 0.385. The summed E-state index contributed by atoms with van der Waals surface area (Å²) in [6.07, 6.45) is 1.69. The molecule has 40 heavy (non-hydrogen) atoms. The van der Waals surface area contributed by atoms with E-state index in [1.54, 1.807) is 24.3 Å². The average molecular weight is 567 g/mol. The standard InChI is InChI=1S/C16H17F2NO4.C11H9F2NO3/c17-16(18,10-23-13-7-3-4-8-22-13)9-19-14(20)11-5-1-2-6-12(11)15(19)21;12-11(13,6-15)5-14-9(16)7-3-1-2-4-8(7)10(14)17/h1-2,5-6,13H,3-4,7-10H2;1-4,15H,5-6H2. The molecule has 0 bridgehead atoms. The first-order chi connectivity index (χ1) is 18.9. The molecule has 3 heterocycles. The Balaban J connectivity index is 0.000000194. The number of halogens is 4. The van der Waals surface area contributed by atoms with E-state index in [0.29, 0.717) is 22.8 Å². The Bertz CT molecular complexity index is 1230. The predicted octanol–water partition coefficient (Wildman–Crippen LogP) is 3.37. The fourth-order valence-electron chi connectivity index (χ4n) is 4.38. The minimum Gasteiger partial charge on any atom is -0.390 e. The summed E-state index contributed by atoms with van der Waals surface area (Å²) in [7, 11) is 0. The Morgan fingerprint density at radius 2 is 1.18 bits per heavy atom. The first kappa shape index (κ1) is 29.3. The third-order valence-corrected chi connectivity index (χ3v) is 6.38. The van der Waals surface area contributed by atoms with E-state index in [2.05, 4.69) is 0 Å². The second kappa shape index (κ2) is 11.8. The van der Waals surface area contributed by atoms with E-state index >= 15 is 0 Å². The maximum Gasteiger partial charge on any atom is 0.288 e. The van der Waals surface area contributed by atoms with Crippen LogP contribution in [0.25, 0.3) is 0 Å². The van der Waals surface area contributed by atoms with Crippen LogP contribution in [0.5, 0.6) is 0 Å². The second-order valence-corrected chi connectivity index (χ2v) is 9.46. The molecule has 1 atom stereocenters. The number of carbonyl (C=O) groups is 4. The van der Waals surface area contributed by atoms with Gasteiger partial charge in [-0.3, -0.25) is 29.0 Å². The van der Waals surface area contributed by atoms with Crippen LogP contribution in [-0.2, 0) is 9.47 Å². The lowest BCUT2D eigenvalue weighted by Crippen LogP contribution is -2.44. The average Bonchev–Trinajstić information content (AvgIpc) is 3.33. The summed E-state index contributed by atoms with van der Waals surface area (Å²) < 4.78 is 64.4. The van der Waals surface area contributed by atoms with Gasteiger partial charge in [0.1, 0.15) is 13.2 Å². The molecular formula is C27H26F4N2O7. The van der Waals surface area contributed by atoms with E-state index < -0.39 is 68.1 Å². The zero-order valence-corrected chi connectivity index (χ0v) is 21.2. The largest absolute Gasteiger partial charge is 0.390 e. The molecule has 0 radical (unpaired) electrons. The number of aliphatic hydroxyl groups is 1. The lowest BCUT2D eigenvalue weighted by molar-refractivity contribution is -0.201. The van der Waals surface area contributed by atoms with E-state index in [9.17, 15) is 36.7 Å². The van der Waals surface area contributed by atoms with Gasteiger partial charge in [-0.05, 0) is 43.5 Å². The molecule has 214 valence electrons. The van der Waals surface area contributed by atoms with Crippen LogP contribution in [0.4, 0.5) is 17.6 Å². The van der Waals surface area contributed by atoms with Crippen molar-refractivity contribution in [2.75, 3.05) is 32.9 Å². The summed E-state index contributed by atoms with van der Waals surface area (Å²) in [5.41, 5.74) is 0.548. The molecule has 2 aromatic carbocycles. The number of aliphatic hydroxyl groups excluding tert-OH is 1. The molecule has 3 aliphatic rings. The van der Waals surface area contributed by atoms with Crippen LogP contribution >= 0.6 is 0 Å². The highest BCUT2D eigenvalue weighted by atomic mass is 19.3. The van der Waals surface area contributed by atoms with Crippen LogP contribution in [-0.4, -0.2) is 89.6 Å². The van der Waals surface area contributed by atoms with E-state index in [0.717, 1.165) is 12.8 Å². The normalized spacial score (nSPS) is 19.0. The number of hydrogen-bond donors (Lipinski definition) is 1. The molecule has 3 aliphatic heterocycles. The van der Waals surface area contributed by atoms with E-state index in [-0.39, 0.29) is 22.3 Å². The number of amides is 4. The maximum absolute atomic E-state index is 14.1. The lowest BCUT2D eigenvalue weighted by atomic mass is 10.1. The van der Waals surface area contributed by atoms with Gasteiger partial charge < -0.3 is 14.6 Å². The molecule has 5 rings (SSSR count). The zero-order valence-electron chi connectivity index (χ0n) is 21.2. The number of benzene rings is 2. The van der Waals surface area contributed by atoms with Crippen molar-refractivity contribution >= 4 is 23.6 Å². The Labute approximate surface area is 226 Å². The third-order valence-electron chi connectivity index (χ3n) is 6.38. The van der Waals surface area contributed by atoms with Crippen molar-refractivity contribution in [2.24, 2.45) is 0 Å². The second-order valence-electron chi connectivity index (χ2n) is 9.46. The van der Waals surface area contributed by atoms with Crippen molar-refractivity contribution < 1.29 is 51.3 Å². The van der Waals surface area contributed by atoms with Gasteiger partial charge >= 0.3 is 0 Å². The van der Waals surface area contributed by atoms with Crippen LogP contribution in [0.1, 0.15) is 60.7 Å². The van der Waals surface area contributed by atoms with Crippen LogP contribution in [0.2, 0.25) is 0 Å². The molecule has 4 amide bonds. The number of imide groups is 2. The first-order valence-electron chi connectivity index (χ1n) is 12.4. The monoisotopic (exact) mass is 566 g/mol. The first-order valence-corrected chi connectivity index (χ1v) is 12.4. The van der Waals surface area contributed by atoms with Gasteiger partial charge in [0.2, 0.25) is 0 Å². The van der Waals surface area contributed by atoms with Gasteiger partial charge in [0.25, 0.3) is 35.5 Å². The smallest absolute Gasteiger partial charge is 0.288 e. The highest BCUT2D eigenvalue weighted by Crippen LogP contribution is 2.28. The van der Waals surface area contributed by atoms with Gasteiger partial charge in [0, 0.05) is 6.61 Å². The summed E-state index contributed by atoms with van der Waals surface area (Å²) in [4.78, 5) is 48.6. The third kappa shape index (κ3) is 6.37. The Hall–Kier alpha value is -3.68. The summed E-state index contributed by atoms with van der Waals surface area (Å²) in [6, 6.07) is 12.0. The fourth-order valence-corrected chi connectivity index (χ4v) is 4.38. The summed E-state index contributed by atoms with van der Waals surface area (Å²) in [5, 5.41) is 8.44. The van der Waals surface area contributed by atoms with Crippen LogP contribution in [0.15, 0.2) is 48.5 Å². The molecule has 0 aliphatic carbocycles. The van der Waals surface area contributed by atoms with Crippen molar-refractivity contribution in [1.82, 2.24) is 9.80 Å². The van der Waals surface area contributed by atoms with Crippen LogP contribution in [0.3, 0.4) is 0 Å². The van der Waals surface area contributed by atoms with Gasteiger partial charge in [-0.2, -0.15) is 0 Å². The van der Waals surface area contributed by atoms with Crippen molar-refractivity contribution in [3.05, 3.63) is 70.8 Å². The van der Waals surface area contributed by atoms with Gasteiger partial charge in [-0.1, -0.05) is 24.3 Å². The molecule has 1 fully saturated rings. The number of nitrogens with zero attached hydrogens (tertiary/aromatic N) is 2.